The summed E-state index contributed by atoms with van der Waals surface area (Å²) in [7, 11) is 0. The molecule has 1 unspecified atom stereocenters. The van der Waals surface area contributed by atoms with Crippen molar-refractivity contribution in [2.75, 3.05) is 0 Å². The second-order valence-electron chi connectivity index (χ2n) is 27.0. The molecule has 15 aromatic carbocycles. The van der Waals surface area contributed by atoms with Crippen LogP contribution in [0.5, 0.6) is 0 Å². The lowest BCUT2D eigenvalue weighted by atomic mass is 9.75. The Kier molecular flexibility index (Phi) is 12.2. The Balaban J connectivity index is 0.668. The summed E-state index contributed by atoms with van der Waals surface area (Å²) in [5.74, 6) is 0. The van der Waals surface area contributed by atoms with E-state index in [9.17, 15) is 0 Å². The third kappa shape index (κ3) is 8.27. The Hall–Kier alpha value is -13.1. The number of para-hydroxylation sites is 2. The third-order valence-corrected chi connectivity index (χ3v) is 21.7. The van der Waals surface area contributed by atoms with Gasteiger partial charge >= 0.3 is 0 Å². The van der Waals surface area contributed by atoms with Crippen LogP contribution >= 0.6 is 0 Å². The largest absolute Gasteiger partial charge is 0.309 e. The lowest BCUT2D eigenvalue weighted by Crippen LogP contribution is -2.23. The van der Waals surface area contributed by atoms with Crippen molar-refractivity contribution in [1.82, 2.24) is 33.6 Å². The maximum Gasteiger partial charge on any atom is 0.113 e. The Morgan fingerprint density at radius 2 is 0.760 bits per heavy atom. The zero-order valence-corrected chi connectivity index (χ0v) is 54.5. The topological polar surface area (TPSA) is 66.3 Å². The summed E-state index contributed by atoms with van der Waals surface area (Å²) in [6.45, 7) is 2.44. The van der Waals surface area contributed by atoms with Gasteiger partial charge in [-0.1, -0.05) is 219 Å². The van der Waals surface area contributed by atoms with E-state index in [2.05, 4.69) is 324 Å². The first-order valence-corrected chi connectivity index (χ1v) is 34.4. The zero-order chi connectivity index (χ0) is 65.7. The van der Waals surface area contributed by atoms with Gasteiger partial charge in [-0.3, -0.25) is 19.9 Å². The fourth-order valence-corrected chi connectivity index (χ4v) is 17.3. The molecule has 1 aliphatic carbocycles. The first kappa shape index (κ1) is 56.1. The molecule has 0 saturated heterocycles. The van der Waals surface area contributed by atoms with Crippen LogP contribution in [-0.2, 0) is 11.8 Å². The van der Waals surface area contributed by atoms with Crippen LogP contribution < -0.4 is 0 Å². The normalized spacial score (nSPS) is 13.7. The van der Waals surface area contributed by atoms with Gasteiger partial charge in [0.25, 0.3) is 0 Å². The van der Waals surface area contributed by atoms with Gasteiger partial charge in [0.05, 0.1) is 55.5 Å². The van der Waals surface area contributed by atoms with Crippen molar-refractivity contribution in [2.24, 2.45) is 0 Å². The molecule has 0 aliphatic heterocycles. The lowest BCUT2D eigenvalue weighted by molar-refractivity contribution is 0.583. The van der Waals surface area contributed by atoms with E-state index in [0.29, 0.717) is 0 Å². The molecule has 0 spiro atoms. The van der Waals surface area contributed by atoms with Crippen molar-refractivity contribution in [1.29, 1.82) is 0 Å². The highest BCUT2D eigenvalue weighted by Gasteiger charge is 2.41. The number of rotatable bonds is 9. The maximum atomic E-state index is 5.24. The van der Waals surface area contributed by atoms with Crippen LogP contribution in [0, 0.1) is 0 Å². The summed E-state index contributed by atoms with van der Waals surface area (Å²) < 4.78 is 7.22. The summed E-state index contributed by atoms with van der Waals surface area (Å²) in [4.78, 5) is 20.9. The molecule has 0 fully saturated rings. The average molecular weight is 1270 g/mol. The molecule has 0 radical (unpaired) electrons. The van der Waals surface area contributed by atoms with Crippen LogP contribution in [0.3, 0.4) is 0 Å². The highest BCUT2D eigenvalue weighted by atomic mass is 15.0. The van der Waals surface area contributed by atoms with E-state index in [4.69, 9.17) is 19.9 Å². The molecule has 5 heterocycles. The Bertz CT molecular complexity index is 6820. The molecule has 0 amide bonds. The smallest absolute Gasteiger partial charge is 0.113 e. The fraction of sp³-hybridized carbons (Fsp3) is 0.0323. The van der Waals surface area contributed by atoms with Gasteiger partial charge in [0.1, 0.15) is 11.0 Å². The van der Waals surface area contributed by atoms with Gasteiger partial charge in [-0.15, -0.1) is 0 Å². The standard InChI is InChI=1S/C93H59N7/c1-93(76-32-14-12-27-71(76)86-67(30-16-33-77(86)93)69-42-45-82(91-89(69)94-47-49-96-91)99-79-44-41-64(58-19-4-2-5-20-58)52-73(79)74-51-60-21-8-10-23-62(60)54-84(74)99)56-57-37-39-59(40-38-57)66-29-17-36-81-87(66)75-53-61-22-9-11-24-63(61)55-85(75)100(81)83-46-43-70(90-92(83)97-50-48-95-90)68-31-18-35-80-88(68)72-28-13-15-34-78(72)98(80)65-25-6-3-7-26-65/h2-55H,56H2,1H3. The van der Waals surface area contributed by atoms with Crippen molar-refractivity contribution < 1.29 is 0 Å². The van der Waals surface area contributed by atoms with E-state index < -0.39 is 0 Å². The first-order chi connectivity index (χ1) is 49.5. The van der Waals surface area contributed by atoms with E-state index in [1.807, 2.05) is 24.8 Å². The van der Waals surface area contributed by atoms with E-state index >= 15 is 0 Å². The number of nitrogens with zero attached hydrogens (tertiary/aromatic N) is 7. The molecule has 7 nitrogen and oxygen atoms in total. The molecule has 7 heteroatoms. The fourth-order valence-electron chi connectivity index (χ4n) is 17.3. The van der Waals surface area contributed by atoms with Crippen molar-refractivity contribution in [3.8, 4) is 72.7 Å². The molecule has 466 valence electrons. The van der Waals surface area contributed by atoms with Crippen LogP contribution in [0.15, 0.2) is 328 Å². The van der Waals surface area contributed by atoms with Gasteiger partial charge < -0.3 is 13.7 Å². The second kappa shape index (κ2) is 21.7. The van der Waals surface area contributed by atoms with Crippen molar-refractivity contribution in [2.45, 2.75) is 18.8 Å². The van der Waals surface area contributed by atoms with Crippen molar-refractivity contribution in [3.05, 3.63) is 345 Å². The van der Waals surface area contributed by atoms with Gasteiger partial charge in [0, 0.05) is 79.3 Å². The Morgan fingerprint density at radius 3 is 1.47 bits per heavy atom. The van der Waals surface area contributed by atoms with Crippen molar-refractivity contribution in [3.63, 3.8) is 0 Å². The summed E-state index contributed by atoms with van der Waals surface area (Å²) in [6.07, 6.45) is 8.15. The van der Waals surface area contributed by atoms with Crippen molar-refractivity contribution >= 4 is 109 Å². The molecule has 21 rings (SSSR count). The minimum atomic E-state index is -0.349. The molecule has 0 bridgehead atoms. The Labute approximate surface area is 575 Å². The maximum absolute atomic E-state index is 5.24. The van der Waals surface area contributed by atoms with Crippen LogP contribution in [0.25, 0.3) is 182 Å². The second-order valence-corrected chi connectivity index (χ2v) is 27.0. The van der Waals surface area contributed by atoms with Gasteiger partial charge in [-0.2, -0.15) is 0 Å². The van der Waals surface area contributed by atoms with E-state index in [1.54, 1.807) is 0 Å². The highest BCUT2D eigenvalue weighted by molar-refractivity contribution is 6.22. The molecule has 1 atom stereocenters. The summed E-state index contributed by atoms with van der Waals surface area (Å²) in [5.41, 5.74) is 28.4. The number of benzene rings is 15. The number of hydrogen-bond acceptors (Lipinski definition) is 4. The predicted molar refractivity (Wildman–Crippen MR) is 414 cm³/mol. The third-order valence-electron chi connectivity index (χ3n) is 21.7. The number of hydrogen-bond donors (Lipinski definition) is 0. The van der Waals surface area contributed by atoms with Gasteiger partial charge in [0.15, 0.2) is 0 Å². The quantitative estimate of drug-likeness (QED) is 0.144. The molecular weight excluding hydrogens is 1220 g/mol. The molecule has 5 aromatic heterocycles. The molecule has 0 N–H and O–H groups in total. The SMILES string of the molecule is CC1(Cc2ccc(-c3cccc4c3c3cc5ccccc5cc3n4-c3ccc(-c4cccc5c4c4ccccc4n5-c4ccccc4)c4nccnc34)cc2)c2ccccc2-c2c(-c3ccc(-n4c5ccc(-c6ccccc6)cc5c5cc6ccccc6cc54)c4nccnc34)cccc21. The van der Waals surface area contributed by atoms with Gasteiger partial charge in [0.2, 0.25) is 0 Å². The number of fused-ring (bicyclic) bond motifs is 16. The highest BCUT2D eigenvalue weighted by Crippen LogP contribution is 2.55. The summed E-state index contributed by atoms with van der Waals surface area (Å²) in [5, 5.41) is 11.9. The molecule has 0 saturated carbocycles. The van der Waals surface area contributed by atoms with Gasteiger partial charge in [-0.25, -0.2) is 0 Å². The molecule has 1 aliphatic rings. The summed E-state index contributed by atoms with van der Waals surface area (Å²) >= 11 is 0. The van der Waals surface area contributed by atoms with Crippen LogP contribution in [0.1, 0.15) is 23.6 Å². The zero-order valence-electron chi connectivity index (χ0n) is 54.5. The van der Waals surface area contributed by atoms with Crippen LogP contribution in [0.4, 0.5) is 0 Å². The van der Waals surface area contributed by atoms with Crippen LogP contribution in [-0.4, -0.2) is 33.6 Å². The monoisotopic (exact) mass is 1270 g/mol. The first-order valence-electron chi connectivity index (χ1n) is 34.4. The van der Waals surface area contributed by atoms with E-state index in [0.717, 1.165) is 106 Å². The van der Waals surface area contributed by atoms with E-state index in [1.165, 1.54) is 98.4 Å². The minimum Gasteiger partial charge on any atom is -0.309 e. The number of aromatic nitrogens is 7. The lowest BCUT2D eigenvalue weighted by Gasteiger charge is -2.28. The predicted octanol–water partition coefficient (Wildman–Crippen LogP) is 23.4. The summed E-state index contributed by atoms with van der Waals surface area (Å²) in [6, 6.07) is 112. The average Bonchev–Trinajstić information content (AvgIpc) is 1.55. The van der Waals surface area contributed by atoms with E-state index in [-0.39, 0.29) is 5.41 Å². The minimum absolute atomic E-state index is 0.349. The molecular formula is C93H59N7. The molecule has 20 aromatic rings. The van der Waals surface area contributed by atoms with Crippen LogP contribution in [0.2, 0.25) is 0 Å². The van der Waals surface area contributed by atoms with Gasteiger partial charge in [-0.05, 0) is 180 Å². The Morgan fingerprint density at radius 1 is 0.280 bits per heavy atom. The molecule has 100 heavy (non-hydrogen) atoms.